The Morgan fingerprint density at radius 2 is 1.66 bits per heavy atom. The Hall–Kier alpha value is -3.52. The first-order valence-corrected chi connectivity index (χ1v) is 12.8. The number of nitrogens with one attached hydrogen (secondary N) is 1. The molecule has 3 aromatic carbocycles. The van der Waals surface area contributed by atoms with E-state index in [1.165, 1.54) is 31.9 Å². The van der Waals surface area contributed by atoms with Crippen LogP contribution in [0.1, 0.15) is 24.5 Å². The second-order valence-electron chi connectivity index (χ2n) is 8.36. The summed E-state index contributed by atoms with van der Waals surface area (Å²) in [7, 11) is -1.13. The smallest absolute Gasteiger partial charge is 0.264 e. The summed E-state index contributed by atoms with van der Waals surface area (Å²) in [4.78, 5) is 13.1. The van der Waals surface area contributed by atoms with Gasteiger partial charge in [-0.25, -0.2) is 8.42 Å². The van der Waals surface area contributed by atoms with Crippen molar-refractivity contribution in [1.82, 2.24) is 5.32 Å². The Bertz CT molecular complexity index is 1230. The minimum Gasteiger partial charge on any atom is -0.497 e. The fraction of sp³-hybridized carbons (Fsp3) is 0.296. The molecule has 1 atom stereocenters. The average molecular weight is 497 g/mol. The van der Waals surface area contributed by atoms with Crippen LogP contribution in [0, 0.1) is 6.92 Å². The van der Waals surface area contributed by atoms with Gasteiger partial charge in [0.1, 0.15) is 18.0 Å². The van der Waals surface area contributed by atoms with Crippen LogP contribution < -0.4 is 19.1 Å². The van der Waals surface area contributed by atoms with Gasteiger partial charge in [-0.3, -0.25) is 9.10 Å². The van der Waals surface area contributed by atoms with Crippen LogP contribution in [0.3, 0.4) is 0 Å². The molecule has 0 spiro atoms. The van der Waals surface area contributed by atoms with Gasteiger partial charge < -0.3 is 14.8 Å². The maximum absolute atomic E-state index is 13.7. The van der Waals surface area contributed by atoms with Crippen molar-refractivity contribution in [2.45, 2.75) is 37.6 Å². The molecule has 0 unspecified atom stereocenters. The van der Waals surface area contributed by atoms with Crippen molar-refractivity contribution >= 4 is 21.6 Å². The highest BCUT2D eigenvalue weighted by Crippen LogP contribution is 2.35. The number of sulfonamides is 1. The number of hydrogen-bond donors (Lipinski definition) is 1. The first kappa shape index (κ1) is 26.1. The second-order valence-corrected chi connectivity index (χ2v) is 10.2. The Kier molecular flexibility index (Phi) is 8.76. The molecule has 0 aliphatic heterocycles. The van der Waals surface area contributed by atoms with Crippen molar-refractivity contribution in [3.8, 4) is 11.5 Å². The van der Waals surface area contributed by atoms with Crippen LogP contribution in [0.25, 0.3) is 0 Å². The monoisotopic (exact) mass is 496 g/mol. The van der Waals surface area contributed by atoms with Gasteiger partial charge in [0.2, 0.25) is 5.91 Å². The van der Waals surface area contributed by atoms with Crippen LogP contribution >= 0.6 is 0 Å². The number of amides is 1. The van der Waals surface area contributed by atoms with E-state index < -0.39 is 22.5 Å². The number of methoxy groups -OCH3 is 2. The zero-order valence-electron chi connectivity index (χ0n) is 20.5. The summed E-state index contributed by atoms with van der Waals surface area (Å²) in [5.74, 6) is 0.346. The first-order chi connectivity index (χ1) is 16.7. The number of nitrogens with zero attached hydrogens (tertiary/aromatic N) is 1. The first-order valence-electron chi connectivity index (χ1n) is 11.4. The molecule has 0 fully saturated rings. The van der Waals surface area contributed by atoms with Gasteiger partial charge in [-0.2, -0.15) is 0 Å². The van der Waals surface area contributed by atoms with Gasteiger partial charge in [-0.1, -0.05) is 48.0 Å². The molecule has 0 saturated carbocycles. The molecule has 0 radical (unpaired) electrons. The van der Waals surface area contributed by atoms with Crippen molar-refractivity contribution in [2.24, 2.45) is 0 Å². The molecule has 0 saturated heterocycles. The summed E-state index contributed by atoms with van der Waals surface area (Å²) < 4.78 is 39.2. The molecule has 1 N–H and O–H groups in total. The summed E-state index contributed by atoms with van der Waals surface area (Å²) in [6.07, 6.45) is 1.53. The van der Waals surface area contributed by atoms with E-state index in [0.717, 1.165) is 22.7 Å². The summed E-state index contributed by atoms with van der Waals surface area (Å²) in [5.41, 5.74) is 2.33. The van der Waals surface area contributed by atoms with E-state index in [2.05, 4.69) is 5.32 Å². The predicted octanol–water partition coefficient (Wildman–Crippen LogP) is 4.35. The van der Waals surface area contributed by atoms with Gasteiger partial charge in [0.05, 0.1) is 24.8 Å². The molecule has 1 amide bonds. The second kappa shape index (κ2) is 11.8. The van der Waals surface area contributed by atoms with Crippen molar-refractivity contribution in [1.29, 1.82) is 0 Å². The van der Waals surface area contributed by atoms with E-state index in [0.29, 0.717) is 11.5 Å². The lowest BCUT2D eigenvalue weighted by atomic mass is 10.1. The maximum Gasteiger partial charge on any atom is 0.264 e. The number of anilines is 1. The third kappa shape index (κ3) is 6.76. The van der Waals surface area contributed by atoms with Gasteiger partial charge in [0.15, 0.2) is 0 Å². The predicted molar refractivity (Wildman–Crippen MR) is 138 cm³/mol. The van der Waals surface area contributed by atoms with Gasteiger partial charge in [0.25, 0.3) is 10.0 Å². The molecular weight excluding hydrogens is 464 g/mol. The molecule has 7 nitrogen and oxygen atoms in total. The molecule has 3 aromatic rings. The Morgan fingerprint density at radius 3 is 2.29 bits per heavy atom. The Balaban J connectivity index is 1.87. The van der Waals surface area contributed by atoms with E-state index in [-0.39, 0.29) is 16.6 Å². The maximum atomic E-state index is 13.7. The number of carbonyl (C=O) groups is 1. The van der Waals surface area contributed by atoms with Crippen LogP contribution in [-0.2, 0) is 21.2 Å². The Labute approximate surface area is 207 Å². The van der Waals surface area contributed by atoms with Gasteiger partial charge in [-0.15, -0.1) is 0 Å². The highest BCUT2D eigenvalue weighted by atomic mass is 32.2. The summed E-state index contributed by atoms with van der Waals surface area (Å²) in [6, 6.07) is 21.2. The normalized spacial score (nSPS) is 12.0. The molecular formula is C27H32N2O5S. The average Bonchev–Trinajstić information content (AvgIpc) is 2.86. The molecule has 0 bridgehead atoms. The summed E-state index contributed by atoms with van der Waals surface area (Å²) in [6.45, 7) is 3.38. The number of ether oxygens (including phenoxy) is 2. The van der Waals surface area contributed by atoms with Crippen molar-refractivity contribution in [3.63, 3.8) is 0 Å². The lowest BCUT2D eigenvalue weighted by Crippen LogP contribution is -2.43. The van der Waals surface area contributed by atoms with E-state index >= 15 is 0 Å². The minimum atomic E-state index is -4.08. The number of rotatable bonds is 11. The van der Waals surface area contributed by atoms with Gasteiger partial charge in [-0.05, 0) is 56.5 Å². The van der Waals surface area contributed by atoms with E-state index in [1.807, 2.05) is 44.2 Å². The number of hydrogen-bond acceptors (Lipinski definition) is 5. The zero-order chi connectivity index (χ0) is 25.4. The molecule has 8 heteroatoms. The molecule has 3 rings (SSSR count). The quantitative estimate of drug-likeness (QED) is 0.427. The van der Waals surface area contributed by atoms with Crippen LogP contribution in [0.5, 0.6) is 11.5 Å². The molecule has 35 heavy (non-hydrogen) atoms. The largest absolute Gasteiger partial charge is 0.497 e. The lowest BCUT2D eigenvalue weighted by Gasteiger charge is -2.27. The molecule has 0 aromatic heterocycles. The topological polar surface area (TPSA) is 84.9 Å². The minimum absolute atomic E-state index is 0.0814. The van der Waals surface area contributed by atoms with Gasteiger partial charge in [0, 0.05) is 12.1 Å². The molecule has 0 heterocycles. The van der Waals surface area contributed by atoms with Crippen LogP contribution in [0.2, 0.25) is 0 Å². The standard InChI is InChI=1S/C27H32N2O5S/c1-20-10-15-24(16-11-20)35(31,32)29(25-18-23(33-3)14-17-26(25)34-4)19-27(30)28-21(2)12-13-22-8-6-5-7-9-22/h5-11,14-18,21H,12-13,19H2,1-4H3,(H,28,30)/t21-/m0/s1. The summed E-state index contributed by atoms with van der Waals surface area (Å²) in [5, 5.41) is 2.93. The van der Waals surface area contributed by atoms with E-state index in [9.17, 15) is 13.2 Å². The van der Waals surface area contributed by atoms with Crippen LogP contribution in [0.15, 0.2) is 77.7 Å². The molecule has 186 valence electrons. The SMILES string of the molecule is COc1ccc(OC)c(N(CC(=O)N[C@@H](C)CCc2ccccc2)S(=O)(=O)c2ccc(C)cc2)c1. The highest BCUT2D eigenvalue weighted by Gasteiger charge is 2.30. The number of benzene rings is 3. The third-order valence-electron chi connectivity index (χ3n) is 5.67. The van der Waals surface area contributed by atoms with Crippen LogP contribution in [0.4, 0.5) is 5.69 Å². The van der Waals surface area contributed by atoms with Crippen molar-refractivity contribution in [2.75, 3.05) is 25.1 Å². The number of carbonyl (C=O) groups excluding carboxylic acids is 1. The van der Waals surface area contributed by atoms with E-state index in [1.54, 1.807) is 30.3 Å². The fourth-order valence-electron chi connectivity index (χ4n) is 3.68. The highest BCUT2D eigenvalue weighted by molar-refractivity contribution is 7.92. The van der Waals surface area contributed by atoms with E-state index in [4.69, 9.17) is 9.47 Å². The third-order valence-corrected chi connectivity index (χ3v) is 7.44. The zero-order valence-corrected chi connectivity index (χ0v) is 21.3. The fourth-order valence-corrected chi connectivity index (χ4v) is 5.10. The molecule has 0 aliphatic rings. The van der Waals surface area contributed by atoms with Crippen LogP contribution in [-0.4, -0.2) is 41.1 Å². The Morgan fingerprint density at radius 1 is 0.971 bits per heavy atom. The van der Waals surface area contributed by atoms with Crippen molar-refractivity contribution < 1.29 is 22.7 Å². The molecule has 0 aliphatic carbocycles. The van der Waals surface area contributed by atoms with Crippen molar-refractivity contribution in [3.05, 3.63) is 83.9 Å². The number of aryl methyl sites for hydroxylation is 2. The summed E-state index contributed by atoms with van der Waals surface area (Å²) >= 11 is 0. The van der Waals surface area contributed by atoms with Gasteiger partial charge >= 0.3 is 0 Å². The lowest BCUT2D eigenvalue weighted by molar-refractivity contribution is -0.120.